The van der Waals surface area contributed by atoms with Crippen molar-refractivity contribution in [3.8, 4) is 11.3 Å². The lowest BCUT2D eigenvalue weighted by Gasteiger charge is -2.11. The third-order valence-electron chi connectivity index (χ3n) is 3.40. The summed E-state index contributed by atoms with van der Waals surface area (Å²) in [6, 6.07) is 5.58. The Morgan fingerprint density at radius 3 is 2.74 bits per heavy atom. The number of carbonyl (C=O) groups is 1. The second-order valence-corrected chi connectivity index (χ2v) is 4.85. The standard InChI is InChI=1S/C14H13N3O2/c1-9-7-11(10-3-2-6-15-8-10)17-12(16-9)14(4-5-14)13(18)19/h2-3,6-8H,4-5H2,1H3,(H,18,19). The van der Waals surface area contributed by atoms with E-state index in [1.54, 1.807) is 12.4 Å². The van der Waals surface area contributed by atoms with Crippen molar-refractivity contribution >= 4 is 5.97 Å². The summed E-state index contributed by atoms with van der Waals surface area (Å²) in [7, 11) is 0. The maximum Gasteiger partial charge on any atom is 0.317 e. The number of carboxylic acid groups (broad SMARTS) is 1. The average molecular weight is 255 g/mol. The van der Waals surface area contributed by atoms with Gasteiger partial charge in [0.05, 0.1) is 5.69 Å². The van der Waals surface area contributed by atoms with E-state index in [9.17, 15) is 9.90 Å². The fraction of sp³-hybridized carbons (Fsp3) is 0.286. The molecule has 0 aromatic carbocycles. The third kappa shape index (κ3) is 1.97. The van der Waals surface area contributed by atoms with Gasteiger partial charge in [-0.3, -0.25) is 9.78 Å². The Labute approximate surface area is 110 Å². The summed E-state index contributed by atoms with van der Waals surface area (Å²) in [5.41, 5.74) is 1.50. The number of rotatable bonds is 3. The Bertz CT molecular complexity index is 636. The minimum Gasteiger partial charge on any atom is -0.480 e. The maximum atomic E-state index is 11.4. The molecule has 19 heavy (non-hydrogen) atoms. The van der Waals surface area contributed by atoms with Gasteiger partial charge in [-0.25, -0.2) is 9.97 Å². The molecular formula is C14H13N3O2. The number of hydrogen-bond donors (Lipinski definition) is 1. The zero-order chi connectivity index (χ0) is 13.5. The van der Waals surface area contributed by atoms with Crippen LogP contribution in [0, 0.1) is 6.92 Å². The van der Waals surface area contributed by atoms with Gasteiger partial charge in [0.2, 0.25) is 0 Å². The predicted octanol–water partition coefficient (Wildman–Crippen LogP) is 1.96. The van der Waals surface area contributed by atoms with Crippen LogP contribution in [-0.4, -0.2) is 26.0 Å². The van der Waals surface area contributed by atoms with Gasteiger partial charge in [0, 0.05) is 23.7 Å². The molecule has 1 saturated carbocycles. The van der Waals surface area contributed by atoms with Crippen LogP contribution in [0.1, 0.15) is 24.4 Å². The molecule has 1 N–H and O–H groups in total. The molecule has 0 amide bonds. The van der Waals surface area contributed by atoms with Gasteiger partial charge in [-0.2, -0.15) is 0 Å². The predicted molar refractivity (Wildman–Crippen MR) is 68.5 cm³/mol. The van der Waals surface area contributed by atoms with Crippen LogP contribution in [0.3, 0.4) is 0 Å². The lowest BCUT2D eigenvalue weighted by molar-refractivity contribution is -0.140. The van der Waals surface area contributed by atoms with E-state index in [1.165, 1.54) is 0 Å². The van der Waals surface area contributed by atoms with Crippen molar-refractivity contribution in [3.63, 3.8) is 0 Å². The zero-order valence-electron chi connectivity index (χ0n) is 10.5. The van der Waals surface area contributed by atoms with Crippen LogP contribution in [-0.2, 0) is 10.2 Å². The quantitative estimate of drug-likeness (QED) is 0.907. The Morgan fingerprint density at radius 2 is 2.16 bits per heavy atom. The monoisotopic (exact) mass is 255 g/mol. The number of nitrogens with zero attached hydrogens (tertiary/aromatic N) is 3. The van der Waals surface area contributed by atoms with Crippen LogP contribution < -0.4 is 0 Å². The van der Waals surface area contributed by atoms with E-state index in [-0.39, 0.29) is 0 Å². The molecule has 1 aliphatic carbocycles. The first kappa shape index (κ1) is 11.8. The smallest absolute Gasteiger partial charge is 0.317 e. The molecular weight excluding hydrogens is 242 g/mol. The number of hydrogen-bond acceptors (Lipinski definition) is 4. The summed E-state index contributed by atoms with van der Waals surface area (Å²) in [6.07, 6.45) is 4.63. The summed E-state index contributed by atoms with van der Waals surface area (Å²) in [5.74, 6) is -0.422. The van der Waals surface area contributed by atoms with Gasteiger partial charge in [-0.15, -0.1) is 0 Å². The molecule has 5 nitrogen and oxygen atoms in total. The van der Waals surface area contributed by atoms with E-state index in [2.05, 4.69) is 15.0 Å². The molecule has 0 aliphatic heterocycles. The lowest BCUT2D eigenvalue weighted by atomic mass is 10.1. The van der Waals surface area contributed by atoms with Crippen LogP contribution in [0.4, 0.5) is 0 Å². The van der Waals surface area contributed by atoms with Gasteiger partial charge < -0.3 is 5.11 Å². The van der Waals surface area contributed by atoms with Gasteiger partial charge in [-0.05, 0) is 38.0 Å². The van der Waals surface area contributed by atoms with Gasteiger partial charge in [0.1, 0.15) is 11.2 Å². The van der Waals surface area contributed by atoms with Crippen molar-refractivity contribution in [3.05, 3.63) is 42.1 Å². The number of pyridine rings is 1. The molecule has 0 unspecified atom stereocenters. The summed E-state index contributed by atoms with van der Waals surface area (Å²) in [4.78, 5) is 24.1. The second-order valence-electron chi connectivity index (χ2n) is 4.85. The minimum absolute atomic E-state index is 0.416. The van der Waals surface area contributed by atoms with Gasteiger partial charge in [0.25, 0.3) is 0 Å². The Balaban J connectivity index is 2.10. The molecule has 0 atom stereocenters. The average Bonchev–Trinajstić information content (AvgIpc) is 3.20. The topological polar surface area (TPSA) is 76.0 Å². The zero-order valence-corrected chi connectivity index (χ0v) is 10.5. The summed E-state index contributed by atoms with van der Waals surface area (Å²) >= 11 is 0. The van der Waals surface area contributed by atoms with Crippen molar-refractivity contribution in [2.24, 2.45) is 0 Å². The van der Waals surface area contributed by atoms with Crippen molar-refractivity contribution in [2.45, 2.75) is 25.2 Å². The van der Waals surface area contributed by atoms with Crippen molar-refractivity contribution in [1.82, 2.24) is 15.0 Å². The highest BCUT2D eigenvalue weighted by Crippen LogP contribution is 2.47. The molecule has 2 aromatic rings. The Hall–Kier alpha value is -2.30. The molecule has 2 heterocycles. The number of aliphatic carboxylic acids is 1. The fourth-order valence-corrected chi connectivity index (χ4v) is 2.10. The highest BCUT2D eigenvalue weighted by molar-refractivity contribution is 5.83. The number of aromatic nitrogens is 3. The van der Waals surface area contributed by atoms with Crippen molar-refractivity contribution in [1.29, 1.82) is 0 Å². The molecule has 5 heteroatoms. The van der Waals surface area contributed by atoms with E-state index >= 15 is 0 Å². The normalized spacial score (nSPS) is 16.1. The highest BCUT2D eigenvalue weighted by atomic mass is 16.4. The molecule has 0 radical (unpaired) electrons. The lowest BCUT2D eigenvalue weighted by Crippen LogP contribution is -2.23. The van der Waals surface area contributed by atoms with Crippen LogP contribution >= 0.6 is 0 Å². The summed E-state index contributed by atoms with van der Waals surface area (Å²) in [5, 5.41) is 9.32. The maximum absolute atomic E-state index is 11.4. The first-order valence-electron chi connectivity index (χ1n) is 6.12. The second kappa shape index (κ2) is 4.12. The van der Waals surface area contributed by atoms with E-state index in [0.29, 0.717) is 18.7 Å². The molecule has 3 rings (SSSR count). The molecule has 0 saturated heterocycles. The van der Waals surface area contributed by atoms with Gasteiger partial charge in [-0.1, -0.05) is 0 Å². The Morgan fingerprint density at radius 1 is 1.37 bits per heavy atom. The van der Waals surface area contributed by atoms with Crippen molar-refractivity contribution < 1.29 is 9.90 Å². The minimum atomic E-state index is -0.872. The summed E-state index contributed by atoms with van der Waals surface area (Å²) in [6.45, 7) is 1.85. The highest BCUT2D eigenvalue weighted by Gasteiger charge is 2.54. The Kier molecular flexibility index (Phi) is 2.55. The van der Waals surface area contributed by atoms with Gasteiger partial charge in [0.15, 0.2) is 0 Å². The van der Waals surface area contributed by atoms with Gasteiger partial charge >= 0.3 is 5.97 Å². The van der Waals surface area contributed by atoms with Crippen LogP contribution in [0.25, 0.3) is 11.3 Å². The van der Waals surface area contributed by atoms with Crippen molar-refractivity contribution in [2.75, 3.05) is 0 Å². The first-order chi connectivity index (χ1) is 9.12. The molecule has 1 fully saturated rings. The molecule has 96 valence electrons. The third-order valence-corrected chi connectivity index (χ3v) is 3.40. The van der Waals surface area contributed by atoms with Crippen LogP contribution in [0.15, 0.2) is 30.6 Å². The fourth-order valence-electron chi connectivity index (χ4n) is 2.10. The van der Waals surface area contributed by atoms with Crippen LogP contribution in [0.2, 0.25) is 0 Å². The molecule has 2 aromatic heterocycles. The summed E-state index contributed by atoms with van der Waals surface area (Å²) < 4.78 is 0. The van der Waals surface area contributed by atoms with E-state index in [1.807, 2.05) is 25.1 Å². The largest absolute Gasteiger partial charge is 0.480 e. The molecule has 0 bridgehead atoms. The first-order valence-corrected chi connectivity index (χ1v) is 6.12. The van der Waals surface area contributed by atoms with E-state index < -0.39 is 11.4 Å². The van der Waals surface area contributed by atoms with Crippen LogP contribution in [0.5, 0.6) is 0 Å². The SMILES string of the molecule is Cc1cc(-c2cccnc2)nc(C2(C(=O)O)CC2)n1. The molecule has 0 spiro atoms. The van der Waals surface area contributed by atoms with E-state index in [4.69, 9.17) is 0 Å². The number of carboxylic acids is 1. The molecule has 1 aliphatic rings. The number of aryl methyl sites for hydroxylation is 1. The van der Waals surface area contributed by atoms with E-state index in [0.717, 1.165) is 17.0 Å².